The summed E-state index contributed by atoms with van der Waals surface area (Å²) >= 11 is 11.9. The van der Waals surface area contributed by atoms with Gasteiger partial charge in [-0.3, -0.25) is 19.3 Å². The summed E-state index contributed by atoms with van der Waals surface area (Å²) in [6.45, 7) is 0.758. The van der Waals surface area contributed by atoms with E-state index in [1.807, 2.05) is 53.1 Å². The molecular weight excluding hydrogens is 507 g/mol. The standard InChI is InChI=1S/C18H13Cl2N3O.C10H9N3/c1-2-9-22-15-5-3-4-6-16(15)23(18(22)21)11-17(24)12-7-8-13(19)14(20)10-12;1-2-7-13-9-6-4-3-5-8(9)12-10(13)11/h1,3-8,10,21H,9,11H2;1,3-6H,7H2,(H2,11,12). The van der Waals surface area contributed by atoms with Gasteiger partial charge in [-0.25, -0.2) is 4.98 Å². The molecule has 9 heteroatoms. The third-order valence-corrected chi connectivity index (χ3v) is 6.44. The molecule has 3 aromatic carbocycles. The number of nitrogens with one attached hydrogen (secondary N) is 1. The lowest BCUT2D eigenvalue weighted by Crippen LogP contribution is -2.27. The molecule has 0 aliphatic carbocycles. The number of carbonyl (C=O) groups is 1. The molecule has 0 aliphatic heterocycles. The third-order valence-electron chi connectivity index (χ3n) is 5.70. The summed E-state index contributed by atoms with van der Waals surface area (Å²) in [7, 11) is 0. The molecule has 0 amide bonds. The SMILES string of the molecule is C#CCn1c(=N)n(CC(=O)c2ccc(Cl)c(Cl)c2)c2ccccc21.C#CCn1c(N)nc2ccccc21. The molecule has 2 heterocycles. The van der Waals surface area contributed by atoms with Crippen LogP contribution in [0.4, 0.5) is 5.95 Å². The molecule has 0 spiro atoms. The summed E-state index contributed by atoms with van der Waals surface area (Å²) in [5.74, 6) is 5.40. The first-order valence-corrected chi connectivity index (χ1v) is 11.9. The van der Waals surface area contributed by atoms with Gasteiger partial charge >= 0.3 is 0 Å². The third kappa shape index (κ3) is 5.24. The van der Waals surface area contributed by atoms with Gasteiger partial charge in [-0.15, -0.1) is 12.8 Å². The lowest BCUT2D eigenvalue weighted by atomic mass is 10.1. The van der Waals surface area contributed by atoms with Crippen LogP contribution in [-0.4, -0.2) is 24.5 Å². The number of benzene rings is 3. The van der Waals surface area contributed by atoms with Gasteiger partial charge < -0.3 is 10.3 Å². The number of rotatable bonds is 5. The van der Waals surface area contributed by atoms with Crippen LogP contribution >= 0.6 is 23.2 Å². The van der Waals surface area contributed by atoms with E-state index >= 15 is 0 Å². The highest BCUT2D eigenvalue weighted by Crippen LogP contribution is 2.23. The smallest absolute Gasteiger partial charge is 0.204 e. The van der Waals surface area contributed by atoms with Crippen molar-refractivity contribution in [2.45, 2.75) is 19.6 Å². The molecule has 0 radical (unpaired) electrons. The summed E-state index contributed by atoms with van der Waals surface area (Å²) in [5, 5.41) is 9.06. The first-order chi connectivity index (χ1) is 17.8. The zero-order valence-electron chi connectivity index (χ0n) is 19.7. The second-order valence-electron chi connectivity index (χ2n) is 7.99. The van der Waals surface area contributed by atoms with Crippen molar-refractivity contribution in [2.75, 3.05) is 5.73 Å². The summed E-state index contributed by atoms with van der Waals surface area (Å²) in [6, 6.07) is 20.0. The molecule has 3 N–H and O–H groups in total. The van der Waals surface area contributed by atoms with E-state index in [9.17, 15) is 4.79 Å². The van der Waals surface area contributed by atoms with Crippen LogP contribution in [0.2, 0.25) is 10.0 Å². The van der Waals surface area contributed by atoms with Gasteiger partial charge in [-0.1, -0.05) is 59.3 Å². The van der Waals surface area contributed by atoms with Crippen molar-refractivity contribution in [1.29, 1.82) is 5.41 Å². The Morgan fingerprint density at radius 3 is 2.11 bits per heavy atom. The van der Waals surface area contributed by atoms with E-state index in [0.29, 0.717) is 28.1 Å². The Morgan fingerprint density at radius 1 is 0.865 bits per heavy atom. The molecule has 5 rings (SSSR count). The van der Waals surface area contributed by atoms with Gasteiger partial charge in [0.15, 0.2) is 5.78 Å². The fourth-order valence-electron chi connectivity index (χ4n) is 3.96. The number of aromatic nitrogens is 4. The number of nitrogen functional groups attached to an aromatic ring is 1. The quantitative estimate of drug-likeness (QED) is 0.248. The van der Waals surface area contributed by atoms with Gasteiger partial charge in [-0.2, -0.15) is 0 Å². The number of carbonyl (C=O) groups excluding carboxylic acids is 1. The van der Waals surface area contributed by atoms with Gasteiger partial charge in [0.2, 0.25) is 11.6 Å². The van der Waals surface area contributed by atoms with Crippen molar-refractivity contribution < 1.29 is 4.79 Å². The zero-order chi connectivity index (χ0) is 26.5. The average Bonchev–Trinajstić information content (AvgIpc) is 3.35. The predicted molar refractivity (Wildman–Crippen MR) is 148 cm³/mol. The number of imidazole rings is 2. The summed E-state index contributed by atoms with van der Waals surface area (Å²) in [6.07, 6.45) is 10.6. The minimum absolute atomic E-state index is 0.0227. The maximum absolute atomic E-state index is 12.6. The highest BCUT2D eigenvalue weighted by molar-refractivity contribution is 6.42. The number of fused-ring (bicyclic) bond motifs is 2. The molecule has 37 heavy (non-hydrogen) atoms. The van der Waals surface area contributed by atoms with Gasteiger partial charge in [-0.05, 0) is 42.5 Å². The van der Waals surface area contributed by atoms with Crippen LogP contribution in [0, 0.1) is 30.1 Å². The van der Waals surface area contributed by atoms with Crippen LogP contribution in [0.5, 0.6) is 0 Å². The first kappa shape index (κ1) is 25.7. The van der Waals surface area contributed by atoms with Gasteiger partial charge in [0, 0.05) is 5.56 Å². The molecular formula is C28H22Cl2N6O. The lowest BCUT2D eigenvalue weighted by molar-refractivity contribution is 0.0971. The molecule has 0 unspecified atom stereocenters. The Morgan fingerprint density at radius 2 is 1.46 bits per heavy atom. The fraction of sp³-hybridized carbons (Fsp3) is 0.107. The topological polar surface area (TPSA) is 94.6 Å². The number of nitrogens with zero attached hydrogens (tertiary/aromatic N) is 4. The normalized spacial score (nSPS) is 10.5. The van der Waals surface area contributed by atoms with E-state index in [1.54, 1.807) is 21.3 Å². The van der Waals surface area contributed by atoms with Crippen LogP contribution in [0.3, 0.4) is 0 Å². The van der Waals surface area contributed by atoms with Crippen molar-refractivity contribution >= 4 is 57.0 Å². The summed E-state index contributed by atoms with van der Waals surface area (Å²) < 4.78 is 5.14. The first-order valence-electron chi connectivity index (χ1n) is 11.1. The molecule has 184 valence electrons. The molecule has 5 aromatic rings. The Hall–Kier alpha value is -4.43. The molecule has 0 saturated carbocycles. The van der Waals surface area contributed by atoms with E-state index in [-0.39, 0.29) is 24.5 Å². The van der Waals surface area contributed by atoms with Crippen LogP contribution in [0.1, 0.15) is 10.4 Å². The van der Waals surface area contributed by atoms with Gasteiger partial charge in [0.1, 0.15) is 0 Å². The van der Waals surface area contributed by atoms with Crippen LogP contribution in [0.25, 0.3) is 22.1 Å². The number of nitrogens with two attached hydrogens (primary N) is 1. The Bertz CT molecular complexity index is 1760. The van der Waals surface area contributed by atoms with E-state index in [1.165, 1.54) is 6.07 Å². The molecule has 0 atom stereocenters. The molecule has 7 nitrogen and oxygen atoms in total. The predicted octanol–water partition coefficient (Wildman–Crippen LogP) is 5.00. The van der Waals surface area contributed by atoms with Crippen LogP contribution in [-0.2, 0) is 19.6 Å². The molecule has 2 aromatic heterocycles. The molecule has 0 saturated heterocycles. The number of anilines is 1. The number of hydrogen-bond acceptors (Lipinski definition) is 4. The summed E-state index contributed by atoms with van der Waals surface area (Å²) in [4.78, 5) is 16.8. The maximum atomic E-state index is 12.6. The lowest BCUT2D eigenvalue weighted by Gasteiger charge is -2.05. The second-order valence-corrected chi connectivity index (χ2v) is 8.80. The van der Waals surface area contributed by atoms with E-state index in [0.717, 1.165) is 22.1 Å². The highest BCUT2D eigenvalue weighted by Gasteiger charge is 2.15. The van der Waals surface area contributed by atoms with E-state index in [2.05, 4.69) is 16.8 Å². The largest absolute Gasteiger partial charge is 0.369 e. The molecule has 0 bridgehead atoms. The molecule has 0 fully saturated rings. The number of terminal acetylenes is 2. The summed E-state index contributed by atoms with van der Waals surface area (Å²) in [5.41, 5.74) is 9.80. The number of ketones is 1. The maximum Gasteiger partial charge on any atom is 0.204 e. The van der Waals surface area contributed by atoms with Gasteiger partial charge in [0.25, 0.3) is 0 Å². The Balaban J connectivity index is 0.000000207. The Labute approximate surface area is 223 Å². The minimum Gasteiger partial charge on any atom is -0.369 e. The van der Waals surface area contributed by atoms with Crippen molar-refractivity contribution in [3.8, 4) is 24.7 Å². The van der Waals surface area contributed by atoms with E-state index < -0.39 is 0 Å². The molecule has 0 aliphatic rings. The minimum atomic E-state index is -0.157. The van der Waals surface area contributed by atoms with Crippen LogP contribution < -0.4 is 11.4 Å². The zero-order valence-corrected chi connectivity index (χ0v) is 21.2. The Kier molecular flexibility index (Phi) is 7.69. The average molecular weight is 529 g/mol. The van der Waals surface area contributed by atoms with Crippen molar-refractivity contribution in [3.05, 3.63) is 88.0 Å². The monoisotopic (exact) mass is 528 g/mol. The van der Waals surface area contributed by atoms with Crippen molar-refractivity contribution in [2.24, 2.45) is 0 Å². The number of para-hydroxylation sites is 4. The van der Waals surface area contributed by atoms with Crippen LogP contribution in [0.15, 0.2) is 66.7 Å². The number of hydrogen-bond donors (Lipinski definition) is 2. The fourth-order valence-corrected chi connectivity index (χ4v) is 4.26. The van der Waals surface area contributed by atoms with Crippen molar-refractivity contribution in [1.82, 2.24) is 18.7 Å². The highest BCUT2D eigenvalue weighted by atomic mass is 35.5. The second kappa shape index (κ2) is 11.1. The van der Waals surface area contributed by atoms with Crippen molar-refractivity contribution in [3.63, 3.8) is 0 Å². The van der Waals surface area contributed by atoms with Gasteiger partial charge in [0.05, 0.1) is 51.7 Å². The van der Waals surface area contributed by atoms with E-state index in [4.69, 9.17) is 47.2 Å². The number of Topliss-reactive ketones (excluding diaryl/α,β-unsaturated/α-hetero) is 1. The number of halogens is 2.